The van der Waals surface area contributed by atoms with E-state index >= 15 is 0 Å². The first-order chi connectivity index (χ1) is 5.64. The van der Waals surface area contributed by atoms with Crippen LogP contribution in [0, 0.1) is 18.3 Å². The lowest BCUT2D eigenvalue weighted by Gasteiger charge is -2.05. The third-order valence-corrected chi connectivity index (χ3v) is 3.82. The van der Waals surface area contributed by atoms with E-state index in [1.807, 2.05) is 0 Å². The Morgan fingerprint density at radius 3 is 2.83 bits per heavy atom. The van der Waals surface area contributed by atoms with E-state index in [0.29, 0.717) is 18.1 Å². The lowest BCUT2D eigenvalue weighted by Crippen LogP contribution is -2.23. The van der Waals surface area contributed by atoms with Crippen molar-refractivity contribution in [3.8, 4) is 12.3 Å². The minimum absolute atomic E-state index is 0.267. The lowest BCUT2D eigenvalue weighted by atomic mass is 10.1. The molecule has 12 heavy (non-hydrogen) atoms. The fraction of sp³-hybridized carbons (Fsp3) is 0.750. The molecule has 0 aromatic heterocycles. The zero-order chi connectivity index (χ0) is 9.03. The van der Waals surface area contributed by atoms with Gasteiger partial charge in [0.25, 0.3) is 0 Å². The predicted molar refractivity (Wildman–Crippen MR) is 48.5 cm³/mol. The Hall–Kier alpha value is -0.530. The van der Waals surface area contributed by atoms with Crippen LogP contribution in [0.1, 0.15) is 6.42 Å². The summed E-state index contributed by atoms with van der Waals surface area (Å²) in [6.07, 6.45) is 5.81. The van der Waals surface area contributed by atoms with Crippen LogP contribution in [0.3, 0.4) is 0 Å². The molecule has 0 radical (unpaired) electrons. The SMILES string of the molecule is C#CCNCC1CCS(=O)(=O)C1. The highest BCUT2D eigenvalue weighted by molar-refractivity contribution is 7.91. The topological polar surface area (TPSA) is 46.2 Å². The molecule has 0 saturated carbocycles. The normalized spacial score (nSPS) is 26.8. The molecule has 1 atom stereocenters. The van der Waals surface area contributed by atoms with E-state index in [-0.39, 0.29) is 5.92 Å². The van der Waals surface area contributed by atoms with Gasteiger partial charge in [-0.2, -0.15) is 0 Å². The molecule has 0 aromatic rings. The number of hydrogen-bond donors (Lipinski definition) is 1. The van der Waals surface area contributed by atoms with Crippen molar-refractivity contribution in [2.45, 2.75) is 6.42 Å². The minimum Gasteiger partial charge on any atom is -0.306 e. The molecular formula is C8H13NO2S. The van der Waals surface area contributed by atoms with Gasteiger partial charge in [0.15, 0.2) is 9.84 Å². The molecule has 1 saturated heterocycles. The van der Waals surface area contributed by atoms with E-state index < -0.39 is 9.84 Å². The van der Waals surface area contributed by atoms with Gasteiger partial charge < -0.3 is 5.32 Å². The molecule has 1 aliphatic heterocycles. The second-order valence-electron chi connectivity index (χ2n) is 3.10. The quantitative estimate of drug-likeness (QED) is 0.485. The zero-order valence-corrected chi connectivity index (χ0v) is 7.73. The van der Waals surface area contributed by atoms with Crippen LogP contribution < -0.4 is 5.32 Å². The fourth-order valence-corrected chi connectivity index (χ4v) is 3.24. The van der Waals surface area contributed by atoms with Crippen molar-refractivity contribution in [1.82, 2.24) is 5.32 Å². The third-order valence-electron chi connectivity index (χ3n) is 1.99. The van der Waals surface area contributed by atoms with Crippen molar-refractivity contribution >= 4 is 9.84 Å². The Labute approximate surface area is 73.5 Å². The van der Waals surface area contributed by atoms with Gasteiger partial charge in [-0.15, -0.1) is 6.42 Å². The maximum atomic E-state index is 11.0. The molecule has 0 spiro atoms. The van der Waals surface area contributed by atoms with Gasteiger partial charge in [-0.3, -0.25) is 0 Å². The van der Waals surface area contributed by atoms with Crippen LogP contribution in [0.5, 0.6) is 0 Å². The van der Waals surface area contributed by atoms with Gasteiger partial charge in [0.05, 0.1) is 18.1 Å². The number of nitrogens with one attached hydrogen (secondary N) is 1. The van der Waals surface area contributed by atoms with Gasteiger partial charge in [0.2, 0.25) is 0 Å². The van der Waals surface area contributed by atoms with E-state index in [4.69, 9.17) is 6.42 Å². The van der Waals surface area contributed by atoms with Crippen LogP contribution in [0.2, 0.25) is 0 Å². The molecule has 68 valence electrons. The Balaban J connectivity index is 2.25. The molecule has 0 aliphatic carbocycles. The molecule has 1 unspecified atom stereocenters. The molecule has 3 nitrogen and oxygen atoms in total. The van der Waals surface area contributed by atoms with Crippen molar-refractivity contribution in [2.75, 3.05) is 24.6 Å². The monoisotopic (exact) mass is 187 g/mol. The van der Waals surface area contributed by atoms with Gasteiger partial charge in [-0.05, 0) is 18.9 Å². The van der Waals surface area contributed by atoms with Crippen molar-refractivity contribution in [3.63, 3.8) is 0 Å². The van der Waals surface area contributed by atoms with E-state index in [1.165, 1.54) is 0 Å². The molecule has 0 aromatic carbocycles. The molecule has 1 rings (SSSR count). The van der Waals surface area contributed by atoms with Gasteiger partial charge in [-0.1, -0.05) is 5.92 Å². The van der Waals surface area contributed by atoms with E-state index in [1.54, 1.807) is 0 Å². The molecule has 0 amide bonds. The standard InChI is InChI=1S/C8H13NO2S/c1-2-4-9-6-8-3-5-12(10,11)7-8/h1,8-9H,3-7H2. The number of hydrogen-bond acceptors (Lipinski definition) is 3. The summed E-state index contributed by atoms with van der Waals surface area (Å²) in [6, 6.07) is 0. The Morgan fingerprint density at radius 1 is 1.58 bits per heavy atom. The number of sulfone groups is 1. The third kappa shape index (κ3) is 2.84. The summed E-state index contributed by atoms with van der Waals surface area (Å²) >= 11 is 0. The Morgan fingerprint density at radius 2 is 2.33 bits per heavy atom. The predicted octanol–water partition coefficient (Wildman–Crippen LogP) is -0.356. The van der Waals surface area contributed by atoms with Crippen LogP contribution in [-0.4, -0.2) is 33.0 Å². The Kier molecular flexibility index (Phi) is 3.12. The molecule has 1 heterocycles. The zero-order valence-electron chi connectivity index (χ0n) is 6.91. The summed E-state index contributed by atoms with van der Waals surface area (Å²) in [5.41, 5.74) is 0. The first-order valence-corrected chi connectivity index (χ1v) is 5.81. The molecular weight excluding hydrogens is 174 g/mol. The average Bonchev–Trinajstić information content (AvgIpc) is 2.31. The minimum atomic E-state index is -2.72. The molecule has 1 aliphatic rings. The average molecular weight is 187 g/mol. The van der Waals surface area contributed by atoms with Crippen LogP contribution in [0.15, 0.2) is 0 Å². The fourth-order valence-electron chi connectivity index (χ4n) is 1.38. The first-order valence-electron chi connectivity index (χ1n) is 3.98. The lowest BCUT2D eigenvalue weighted by molar-refractivity contribution is 0.542. The second kappa shape index (κ2) is 3.92. The van der Waals surface area contributed by atoms with Crippen LogP contribution >= 0.6 is 0 Å². The smallest absolute Gasteiger partial charge is 0.150 e. The summed E-state index contributed by atoms with van der Waals surface area (Å²) in [5.74, 6) is 3.39. The maximum absolute atomic E-state index is 11.0. The van der Waals surface area contributed by atoms with Gasteiger partial charge in [0.1, 0.15) is 0 Å². The van der Waals surface area contributed by atoms with E-state index in [0.717, 1.165) is 13.0 Å². The summed E-state index contributed by atoms with van der Waals surface area (Å²) in [4.78, 5) is 0. The Bertz CT molecular complexity index is 276. The summed E-state index contributed by atoms with van der Waals surface area (Å²) < 4.78 is 22.0. The number of terminal acetylenes is 1. The van der Waals surface area contributed by atoms with Crippen molar-refractivity contribution in [2.24, 2.45) is 5.92 Å². The largest absolute Gasteiger partial charge is 0.306 e. The highest BCUT2D eigenvalue weighted by Gasteiger charge is 2.26. The number of rotatable bonds is 3. The maximum Gasteiger partial charge on any atom is 0.150 e. The molecule has 1 fully saturated rings. The van der Waals surface area contributed by atoms with E-state index in [2.05, 4.69) is 11.2 Å². The first kappa shape index (κ1) is 9.56. The van der Waals surface area contributed by atoms with Gasteiger partial charge >= 0.3 is 0 Å². The van der Waals surface area contributed by atoms with Crippen LogP contribution in [0.25, 0.3) is 0 Å². The highest BCUT2D eigenvalue weighted by atomic mass is 32.2. The van der Waals surface area contributed by atoms with Crippen molar-refractivity contribution in [3.05, 3.63) is 0 Å². The van der Waals surface area contributed by atoms with Gasteiger partial charge in [0, 0.05) is 0 Å². The van der Waals surface area contributed by atoms with E-state index in [9.17, 15) is 8.42 Å². The molecule has 0 bridgehead atoms. The van der Waals surface area contributed by atoms with Crippen LogP contribution in [-0.2, 0) is 9.84 Å². The second-order valence-corrected chi connectivity index (χ2v) is 5.33. The summed E-state index contributed by atoms with van der Waals surface area (Å²) in [5, 5.41) is 3.01. The highest BCUT2D eigenvalue weighted by Crippen LogP contribution is 2.16. The van der Waals surface area contributed by atoms with Crippen LogP contribution in [0.4, 0.5) is 0 Å². The molecule has 4 heteroatoms. The molecule has 1 N–H and O–H groups in total. The van der Waals surface area contributed by atoms with Gasteiger partial charge in [-0.25, -0.2) is 8.42 Å². The van der Waals surface area contributed by atoms with Crippen molar-refractivity contribution in [1.29, 1.82) is 0 Å². The summed E-state index contributed by atoms with van der Waals surface area (Å²) in [6.45, 7) is 1.25. The summed E-state index contributed by atoms with van der Waals surface area (Å²) in [7, 11) is -2.72. The van der Waals surface area contributed by atoms with Crippen molar-refractivity contribution < 1.29 is 8.42 Å².